The van der Waals surface area contributed by atoms with E-state index in [-0.39, 0.29) is 11.2 Å². The normalized spacial score (nSPS) is 25.2. The Balaban J connectivity index is 2.50. The molecule has 2 rings (SSSR count). The molecule has 96 valence electrons. The van der Waals surface area contributed by atoms with Crippen LogP contribution < -0.4 is 0 Å². The van der Waals surface area contributed by atoms with E-state index >= 15 is 0 Å². The van der Waals surface area contributed by atoms with Gasteiger partial charge < -0.3 is 4.74 Å². The maximum Gasteiger partial charge on any atom is 0.0938 e. The monoisotopic (exact) mass is 234 g/mol. The maximum atomic E-state index is 6.64. The summed E-state index contributed by atoms with van der Waals surface area (Å²) in [7, 11) is 0. The van der Waals surface area contributed by atoms with Crippen molar-refractivity contribution >= 4 is 0 Å². The molecule has 2 aliphatic rings. The van der Waals surface area contributed by atoms with E-state index in [1.165, 1.54) is 24.0 Å². The molecule has 1 fully saturated rings. The molecule has 0 N–H and O–H groups in total. The molecule has 0 aromatic carbocycles. The molecular formula is C16H26O. The Kier molecular flexibility index (Phi) is 3.49. The van der Waals surface area contributed by atoms with Gasteiger partial charge in [0.05, 0.1) is 11.2 Å². The van der Waals surface area contributed by atoms with Gasteiger partial charge in [-0.2, -0.15) is 0 Å². The Hall–Kier alpha value is -0.560. The maximum absolute atomic E-state index is 6.64. The summed E-state index contributed by atoms with van der Waals surface area (Å²) in [6.07, 6.45) is 11.6. The fraction of sp³-hybridized carbons (Fsp3) is 0.750. The van der Waals surface area contributed by atoms with Crippen molar-refractivity contribution in [3.63, 3.8) is 0 Å². The predicted octanol–water partition coefficient (Wildman–Crippen LogP) is 4.78. The molecule has 1 aliphatic heterocycles. The van der Waals surface area contributed by atoms with E-state index in [0.717, 1.165) is 25.7 Å². The summed E-state index contributed by atoms with van der Waals surface area (Å²) < 4.78 is 6.64. The van der Waals surface area contributed by atoms with Crippen LogP contribution in [0.2, 0.25) is 0 Å². The highest BCUT2D eigenvalue weighted by Gasteiger charge is 2.52. The van der Waals surface area contributed by atoms with Gasteiger partial charge in [-0.05, 0) is 49.7 Å². The summed E-state index contributed by atoms with van der Waals surface area (Å²) in [5.74, 6) is 0. The van der Waals surface area contributed by atoms with Crippen LogP contribution in [0.3, 0.4) is 0 Å². The first-order valence-electron chi connectivity index (χ1n) is 7.29. The molecule has 0 bridgehead atoms. The van der Waals surface area contributed by atoms with Gasteiger partial charge >= 0.3 is 0 Å². The van der Waals surface area contributed by atoms with Crippen LogP contribution in [-0.4, -0.2) is 11.2 Å². The summed E-state index contributed by atoms with van der Waals surface area (Å²) in [6, 6.07) is 0. The van der Waals surface area contributed by atoms with Crippen molar-refractivity contribution in [1.29, 1.82) is 0 Å². The van der Waals surface area contributed by atoms with Crippen LogP contribution in [-0.2, 0) is 4.74 Å². The number of rotatable bonds is 4. The lowest BCUT2D eigenvalue weighted by molar-refractivity contribution is -0.0927. The minimum absolute atomic E-state index is 0.00171. The van der Waals surface area contributed by atoms with Crippen LogP contribution in [0.15, 0.2) is 23.3 Å². The lowest BCUT2D eigenvalue weighted by atomic mass is 9.77. The van der Waals surface area contributed by atoms with Gasteiger partial charge in [-0.25, -0.2) is 0 Å². The topological polar surface area (TPSA) is 9.23 Å². The van der Waals surface area contributed by atoms with E-state index < -0.39 is 0 Å². The van der Waals surface area contributed by atoms with Gasteiger partial charge in [-0.15, -0.1) is 0 Å². The molecule has 0 amide bonds. The molecular weight excluding hydrogens is 208 g/mol. The minimum Gasteiger partial charge on any atom is -0.359 e. The third-order valence-electron chi connectivity index (χ3n) is 4.81. The zero-order chi connectivity index (χ0) is 12.5. The van der Waals surface area contributed by atoms with E-state index in [9.17, 15) is 0 Å². The van der Waals surface area contributed by atoms with Crippen molar-refractivity contribution in [2.75, 3.05) is 0 Å². The average molecular weight is 234 g/mol. The molecule has 1 heteroatoms. The number of hydrogen-bond acceptors (Lipinski definition) is 1. The van der Waals surface area contributed by atoms with E-state index in [0.29, 0.717) is 0 Å². The molecule has 1 aliphatic carbocycles. The van der Waals surface area contributed by atoms with Crippen molar-refractivity contribution in [2.45, 2.75) is 77.4 Å². The van der Waals surface area contributed by atoms with E-state index in [1.54, 1.807) is 0 Å². The summed E-state index contributed by atoms with van der Waals surface area (Å²) in [6.45, 7) is 9.05. The lowest BCUT2D eigenvalue weighted by Gasteiger charge is -2.32. The molecule has 1 heterocycles. The Morgan fingerprint density at radius 2 is 1.18 bits per heavy atom. The molecule has 1 saturated heterocycles. The van der Waals surface area contributed by atoms with Crippen LogP contribution in [0, 0.1) is 0 Å². The number of allylic oxidation sites excluding steroid dienone is 2. The Morgan fingerprint density at radius 1 is 0.824 bits per heavy atom. The van der Waals surface area contributed by atoms with Crippen molar-refractivity contribution in [1.82, 2.24) is 0 Å². The fourth-order valence-electron chi connectivity index (χ4n) is 3.57. The number of fused-ring (bicyclic) bond motifs is 1. The zero-order valence-corrected chi connectivity index (χ0v) is 11.8. The number of hydrogen-bond donors (Lipinski definition) is 0. The molecule has 0 aromatic heterocycles. The highest BCUT2D eigenvalue weighted by atomic mass is 16.5. The van der Waals surface area contributed by atoms with Crippen LogP contribution >= 0.6 is 0 Å². The summed E-state index contributed by atoms with van der Waals surface area (Å²) >= 11 is 0. The van der Waals surface area contributed by atoms with Crippen LogP contribution in [0.25, 0.3) is 0 Å². The van der Waals surface area contributed by atoms with Crippen LogP contribution in [0.4, 0.5) is 0 Å². The van der Waals surface area contributed by atoms with Crippen molar-refractivity contribution in [3.8, 4) is 0 Å². The van der Waals surface area contributed by atoms with Gasteiger partial charge in [-0.3, -0.25) is 0 Å². The first kappa shape index (κ1) is 12.9. The Morgan fingerprint density at radius 3 is 1.47 bits per heavy atom. The molecule has 0 unspecified atom stereocenters. The van der Waals surface area contributed by atoms with Gasteiger partial charge in [0.1, 0.15) is 0 Å². The van der Waals surface area contributed by atoms with Gasteiger partial charge in [0.2, 0.25) is 0 Å². The lowest BCUT2D eigenvalue weighted by Crippen LogP contribution is -2.34. The average Bonchev–Trinajstić information content (AvgIpc) is 2.71. The minimum atomic E-state index is -0.00171. The van der Waals surface area contributed by atoms with Gasteiger partial charge in [0.15, 0.2) is 0 Å². The standard InChI is InChI=1S/C16H26O/c1-5-15(6-2)13-11-9-10-12-14(13)16(7-3,8-4)17-15/h11-12H,5-10H2,1-4H3. The van der Waals surface area contributed by atoms with E-state index in [4.69, 9.17) is 4.74 Å². The highest BCUT2D eigenvalue weighted by molar-refractivity contribution is 5.50. The van der Waals surface area contributed by atoms with Crippen LogP contribution in [0.5, 0.6) is 0 Å². The smallest absolute Gasteiger partial charge is 0.0938 e. The van der Waals surface area contributed by atoms with Gasteiger partial charge in [-0.1, -0.05) is 39.8 Å². The Bertz CT molecular complexity index is 307. The molecule has 17 heavy (non-hydrogen) atoms. The van der Waals surface area contributed by atoms with E-state index in [1.807, 2.05) is 0 Å². The van der Waals surface area contributed by atoms with Gasteiger partial charge in [0, 0.05) is 0 Å². The molecule has 0 atom stereocenters. The molecule has 0 saturated carbocycles. The zero-order valence-electron chi connectivity index (χ0n) is 11.8. The third-order valence-corrected chi connectivity index (χ3v) is 4.81. The third kappa shape index (κ3) is 1.71. The highest BCUT2D eigenvalue weighted by Crippen LogP contribution is 2.53. The second-order valence-corrected chi connectivity index (χ2v) is 5.32. The summed E-state index contributed by atoms with van der Waals surface area (Å²) in [4.78, 5) is 0. The predicted molar refractivity (Wildman–Crippen MR) is 73.1 cm³/mol. The van der Waals surface area contributed by atoms with Gasteiger partial charge in [0.25, 0.3) is 0 Å². The Labute approximate surface area is 106 Å². The largest absolute Gasteiger partial charge is 0.359 e. The van der Waals surface area contributed by atoms with Crippen LogP contribution in [0.1, 0.15) is 66.2 Å². The summed E-state index contributed by atoms with van der Waals surface area (Å²) in [5, 5.41) is 0. The van der Waals surface area contributed by atoms with E-state index in [2.05, 4.69) is 39.8 Å². The fourth-order valence-corrected chi connectivity index (χ4v) is 3.57. The van der Waals surface area contributed by atoms with Crippen molar-refractivity contribution in [3.05, 3.63) is 23.3 Å². The SMILES string of the molecule is CCC1(CC)OC(CC)(CC)C2=CCCC=C21. The number of ether oxygens (including phenoxy) is 1. The summed E-state index contributed by atoms with van der Waals surface area (Å²) in [5.41, 5.74) is 3.02. The second kappa shape index (κ2) is 4.61. The first-order valence-corrected chi connectivity index (χ1v) is 7.29. The molecule has 0 radical (unpaired) electrons. The molecule has 0 aromatic rings. The van der Waals surface area contributed by atoms with Crippen molar-refractivity contribution < 1.29 is 4.74 Å². The van der Waals surface area contributed by atoms with Crippen molar-refractivity contribution in [2.24, 2.45) is 0 Å². The quantitative estimate of drug-likeness (QED) is 0.680. The first-order chi connectivity index (χ1) is 8.18. The molecule has 1 nitrogen and oxygen atoms in total. The second-order valence-electron chi connectivity index (χ2n) is 5.32. The molecule has 0 spiro atoms.